The number of aromatic nitrogens is 2. The third kappa shape index (κ3) is 3.53. The van der Waals surface area contributed by atoms with Gasteiger partial charge in [-0.2, -0.15) is 10.4 Å². The molecule has 0 bridgehead atoms. The van der Waals surface area contributed by atoms with Gasteiger partial charge in [0.25, 0.3) is 0 Å². The predicted molar refractivity (Wildman–Crippen MR) is 85.2 cm³/mol. The van der Waals surface area contributed by atoms with Gasteiger partial charge in [-0.05, 0) is 24.3 Å². The van der Waals surface area contributed by atoms with E-state index >= 15 is 0 Å². The number of aliphatic hydroxyl groups is 1. The number of aryl methyl sites for hydroxylation is 1. The largest absolute Gasteiger partial charge is 0.380 e. The molecule has 2 aromatic rings. The molecule has 3 N–H and O–H groups in total. The van der Waals surface area contributed by atoms with E-state index in [1.807, 2.05) is 6.07 Å². The third-order valence-corrected chi connectivity index (χ3v) is 3.27. The summed E-state index contributed by atoms with van der Waals surface area (Å²) in [6.45, 7) is 0. The quantitative estimate of drug-likeness (QED) is 0.554. The number of halogens is 1. The Kier molecular flexibility index (Phi) is 5.19. The summed E-state index contributed by atoms with van der Waals surface area (Å²) in [5.74, 6) is -0.566. The molecule has 0 amide bonds. The molecule has 0 saturated carbocycles. The van der Waals surface area contributed by atoms with Gasteiger partial charge in [0.1, 0.15) is 23.7 Å². The molecule has 1 aromatic heterocycles. The van der Waals surface area contributed by atoms with E-state index in [4.69, 9.17) is 10.7 Å². The zero-order valence-electron chi connectivity index (χ0n) is 12.7. The number of aliphatic hydroxyl groups excluding tert-OH is 1. The van der Waals surface area contributed by atoms with Gasteiger partial charge in [-0.3, -0.25) is 9.48 Å². The molecule has 1 unspecified atom stereocenters. The van der Waals surface area contributed by atoms with Crippen LogP contribution in [0.5, 0.6) is 0 Å². The first-order valence-corrected chi connectivity index (χ1v) is 6.84. The Bertz CT molecular complexity index is 851. The standard InChI is InChI=1S/C16H14FN5O2/c1-22-12(8-19)7-15(21-22)16(24)14(4-5-18)20-13-3-2-11(17)6-10(13)9-23/h2-7,9,16,18,20,24H,1H3/b14-4-,18-5?. The molecule has 0 aliphatic heterocycles. The molecule has 0 radical (unpaired) electrons. The van der Waals surface area contributed by atoms with Gasteiger partial charge in [-0.15, -0.1) is 0 Å². The number of hydrogen-bond acceptors (Lipinski definition) is 6. The minimum atomic E-state index is -1.26. The van der Waals surface area contributed by atoms with Gasteiger partial charge < -0.3 is 15.8 Å². The summed E-state index contributed by atoms with van der Waals surface area (Å²) in [7, 11) is 1.56. The van der Waals surface area contributed by atoms with Crippen molar-refractivity contribution in [2.75, 3.05) is 5.32 Å². The van der Waals surface area contributed by atoms with Crippen LogP contribution < -0.4 is 5.32 Å². The topological polar surface area (TPSA) is 115 Å². The smallest absolute Gasteiger partial charge is 0.152 e. The van der Waals surface area contributed by atoms with E-state index in [-0.39, 0.29) is 28.3 Å². The first kappa shape index (κ1) is 17.1. The number of nitriles is 1. The Labute approximate surface area is 137 Å². The van der Waals surface area contributed by atoms with Crippen LogP contribution in [0.2, 0.25) is 0 Å². The van der Waals surface area contributed by atoms with Crippen LogP contribution in [-0.4, -0.2) is 27.4 Å². The number of benzene rings is 1. The maximum Gasteiger partial charge on any atom is 0.152 e. The van der Waals surface area contributed by atoms with Crippen LogP contribution in [0.1, 0.15) is 27.8 Å². The Morgan fingerprint density at radius 2 is 2.29 bits per heavy atom. The molecule has 8 heteroatoms. The number of nitrogens with one attached hydrogen (secondary N) is 2. The third-order valence-electron chi connectivity index (χ3n) is 3.27. The van der Waals surface area contributed by atoms with Crippen molar-refractivity contribution >= 4 is 18.2 Å². The Balaban J connectivity index is 2.36. The van der Waals surface area contributed by atoms with E-state index in [0.29, 0.717) is 6.29 Å². The molecular formula is C16H14FN5O2. The lowest BCUT2D eigenvalue weighted by molar-refractivity contribution is 0.112. The number of nitrogens with zero attached hydrogens (tertiary/aromatic N) is 3. The van der Waals surface area contributed by atoms with Crippen molar-refractivity contribution in [2.45, 2.75) is 6.10 Å². The van der Waals surface area contributed by atoms with Gasteiger partial charge in [-0.25, -0.2) is 4.39 Å². The molecule has 1 aromatic carbocycles. The lowest BCUT2D eigenvalue weighted by Crippen LogP contribution is -2.12. The van der Waals surface area contributed by atoms with Crippen molar-refractivity contribution in [1.29, 1.82) is 10.7 Å². The summed E-state index contributed by atoms with van der Waals surface area (Å²) < 4.78 is 14.5. The first-order chi connectivity index (χ1) is 11.5. The van der Waals surface area contributed by atoms with E-state index in [9.17, 15) is 14.3 Å². The number of carbonyl (C=O) groups excluding carboxylic acids is 1. The second-order valence-electron chi connectivity index (χ2n) is 4.86. The summed E-state index contributed by atoms with van der Waals surface area (Å²) >= 11 is 0. The van der Waals surface area contributed by atoms with Gasteiger partial charge in [0.05, 0.1) is 11.4 Å². The average Bonchev–Trinajstić information content (AvgIpc) is 2.96. The number of hydrogen-bond donors (Lipinski definition) is 3. The second kappa shape index (κ2) is 7.30. The fraction of sp³-hybridized carbons (Fsp3) is 0.125. The second-order valence-corrected chi connectivity index (χ2v) is 4.86. The maximum atomic E-state index is 13.2. The highest BCUT2D eigenvalue weighted by Gasteiger charge is 2.19. The van der Waals surface area contributed by atoms with Crippen molar-refractivity contribution in [3.05, 3.63) is 58.8 Å². The molecule has 122 valence electrons. The van der Waals surface area contributed by atoms with Crippen LogP contribution in [0.3, 0.4) is 0 Å². The van der Waals surface area contributed by atoms with E-state index < -0.39 is 11.9 Å². The number of anilines is 1. The molecule has 1 heterocycles. The highest BCUT2D eigenvalue weighted by molar-refractivity contribution is 5.85. The van der Waals surface area contributed by atoms with Crippen molar-refractivity contribution in [1.82, 2.24) is 9.78 Å². The molecule has 0 fully saturated rings. The summed E-state index contributed by atoms with van der Waals surface area (Å²) in [4.78, 5) is 11.1. The van der Waals surface area contributed by atoms with Gasteiger partial charge in [0.2, 0.25) is 0 Å². The van der Waals surface area contributed by atoms with E-state index in [2.05, 4.69) is 10.4 Å². The zero-order valence-corrected chi connectivity index (χ0v) is 12.7. The maximum absolute atomic E-state index is 13.2. The van der Waals surface area contributed by atoms with E-state index in [1.54, 1.807) is 7.05 Å². The molecule has 24 heavy (non-hydrogen) atoms. The highest BCUT2D eigenvalue weighted by Crippen LogP contribution is 2.25. The van der Waals surface area contributed by atoms with Crippen molar-refractivity contribution < 1.29 is 14.3 Å². The van der Waals surface area contributed by atoms with Crippen LogP contribution >= 0.6 is 0 Å². The molecule has 0 aliphatic rings. The van der Waals surface area contributed by atoms with Crippen LogP contribution in [0.15, 0.2) is 36.0 Å². The fourth-order valence-corrected chi connectivity index (χ4v) is 2.08. The minimum Gasteiger partial charge on any atom is -0.380 e. The van der Waals surface area contributed by atoms with Crippen molar-refractivity contribution in [3.8, 4) is 6.07 Å². The molecular weight excluding hydrogens is 313 g/mol. The number of allylic oxidation sites excluding steroid dienone is 1. The molecule has 7 nitrogen and oxygen atoms in total. The Morgan fingerprint density at radius 1 is 1.54 bits per heavy atom. The van der Waals surface area contributed by atoms with Gasteiger partial charge in [0, 0.05) is 30.6 Å². The molecule has 0 spiro atoms. The predicted octanol–water partition coefficient (Wildman–Crippen LogP) is 1.92. The summed E-state index contributed by atoms with van der Waals surface area (Å²) in [5, 5.41) is 33.4. The zero-order chi connectivity index (χ0) is 17.7. The van der Waals surface area contributed by atoms with E-state index in [1.165, 1.54) is 22.9 Å². The molecule has 0 aliphatic carbocycles. The summed E-state index contributed by atoms with van der Waals surface area (Å²) in [5.41, 5.74) is 0.951. The normalized spacial score (nSPS) is 12.3. The Hall–Kier alpha value is -3.31. The first-order valence-electron chi connectivity index (χ1n) is 6.84. The SMILES string of the molecule is Cn1nc(C(O)/C(=C/C=N)Nc2ccc(F)cc2C=O)cc1C#N. The number of carbonyl (C=O) groups is 1. The summed E-state index contributed by atoms with van der Waals surface area (Å²) in [6, 6.07) is 6.91. The van der Waals surface area contributed by atoms with Gasteiger partial charge in [0.15, 0.2) is 6.29 Å². The van der Waals surface area contributed by atoms with E-state index in [0.717, 1.165) is 18.3 Å². The van der Waals surface area contributed by atoms with Crippen molar-refractivity contribution in [2.24, 2.45) is 7.05 Å². The average molecular weight is 327 g/mol. The number of aldehydes is 1. The lowest BCUT2D eigenvalue weighted by Gasteiger charge is -2.16. The van der Waals surface area contributed by atoms with Crippen LogP contribution in [-0.2, 0) is 7.05 Å². The van der Waals surface area contributed by atoms with Crippen molar-refractivity contribution in [3.63, 3.8) is 0 Å². The van der Waals surface area contributed by atoms with Gasteiger partial charge in [-0.1, -0.05) is 0 Å². The van der Waals surface area contributed by atoms with Gasteiger partial charge >= 0.3 is 0 Å². The monoisotopic (exact) mass is 327 g/mol. The lowest BCUT2D eigenvalue weighted by atomic mass is 10.1. The molecule has 2 rings (SSSR count). The minimum absolute atomic E-state index is 0.0665. The van der Waals surface area contributed by atoms with Crippen LogP contribution in [0.25, 0.3) is 0 Å². The Morgan fingerprint density at radius 3 is 2.88 bits per heavy atom. The summed E-state index contributed by atoms with van der Waals surface area (Å²) in [6.07, 6.45) is 1.45. The molecule has 1 atom stereocenters. The fourth-order valence-electron chi connectivity index (χ4n) is 2.08. The van der Waals surface area contributed by atoms with Crippen LogP contribution in [0.4, 0.5) is 10.1 Å². The van der Waals surface area contributed by atoms with Crippen LogP contribution in [0, 0.1) is 22.6 Å². The highest BCUT2D eigenvalue weighted by atomic mass is 19.1. The molecule has 0 saturated heterocycles. The number of rotatable bonds is 6.